The van der Waals surface area contributed by atoms with Crippen LogP contribution >= 0.6 is 0 Å². The standard InChI is InChI=1S/C9H11F2N3O2/c10-9(11)3-1-8(2-4-9,7(15)16)6-12-5-13-14-6/h5H,1-4H2,(H,15,16)(H,12,13,14). The van der Waals surface area contributed by atoms with Crippen molar-refractivity contribution in [2.24, 2.45) is 0 Å². The third kappa shape index (κ3) is 1.66. The SMILES string of the molecule is O=C(O)C1(c2ncn[nH]2)CCC(F)(F)CC1. The molecule has 1 aliphatic carbocycles. The van der Waals surface area contributed by atoms with E-state index in [4.69, 9.17) is 0 Å². The second-order valence-corrected chi connectivity index (χ2v) is 4.08. The van der Waals surface area contributed by atoms with E-state index >= 15 is 0 Å². The van der Waals surface area contributed by atoms with Crippen molar-refractivity contribution in [3.05, 3.63) is 12.2 Å². The molecule has 0 spiro atoms. The van der Waals surface area contributed by atoms with Gasteiger partial charge in [-0.3, -0.25) is 9.89 Å². The lowest BCUT2D eigenvalue weighted by atomic mass is 9.72. The number of nitrogens with zero attached hydrogens (tertiary/aromatic N) is 2. The number of carbonyl (C=O) groups is 1. The Morgan fingerprint density at radius 1 is 1.38 bits per heavy atom. The second-order valence-electron chi connectivity index (χ2n) is 4.08. The summed E-state index contributed by atoms with van der Waals surface area (Å²) in [6, 6.07) is 0. The lowest BCUT2D eigenvalue weighted by Gasteiger charge is -2.34. The minimum atomic E-state index is -2.76. The monoisotopic (exact) mass is 231 g/mol. The van der Waals surface area contributed by atoms with E-state index in [0.29, 0.717) is 0 Å². The van der Waals surface area contributed by atoms with E-state index < -0.39 is 30.1 Å². The first-order valence-electron chi connectivity index (χ1n) is 4.93. The summed E-state index contributed by atoms with van der Waals surface area (Å²) in [5, 5.41) is 15.2. The number of aliphatic carboxylic acids is 1. The number of carboxylic acid groups (broad SMARTS) is 1. The quantitative estimate of drug-likeness (QED) is 0.804. The van der Waals surface area contributed by atoms with Crippen LogP contribution in [0.1, 0.15) is 31.5 Å². The number of halogens is 2. The van der Waals surface area contributed by atoms with Crippen molar-refractivity contribution >= 4 is 5.97 Å². The highest BCUT2D eigenvalue weighted by atomic mass is 19.3. The van der Waals surface area contributed by atoms with Gasteiger partial charge >= 0.3 is 5.97 Å². The van der Waals surface area contributed by atoms with Crippen LogP contribution < -0.4 is 0 Å². The Bertz CT molecular complexity index is 381. The molecule has 0 aromatic carbocycles. The number of hydrogen-bond donors (Lipinski definition) is 2. The van der Waals surface area contributed by atoms with E-state index in [0.717, 1.165) is 0 Å². The van der Waals surface area contributed by atoms with Gasteiger partial charge < -0.3 is 5.11 Å². The molecule has 0 atom stereocenters. The molecule has 2 rings (SSSR count). The highest BCUT2D eigenvalue weighted by molar-refractivity contribution is 5.80. The lowest BCUT2D eigenvalue weighted by molar-refractivity contribution is -0.149. The topological polar surface area (TPSA) is 78.9 Å². The third-order valence-electron chi connectivity index (χ3n) is 3.11. The van der Waals surface area contributed by atoms with Gasteiger partial charge in [-0.1, -0.05) is 0 Å². The molecule has 2 N–H and O–H groups in total. The van der Waals surface area contributed by atoms with Crippen LogP contribution in [-0.2, 0) is 10.2 Å². The summed E-state index contributed by atoms with van der Waals surface area (Å²) < 4.78 is 26.0. The van der Waals surface area contributed by atoms with E-state index in [1.165, 1.54) is 6.33 Å². The lowest BCUT2D eigenvalue weighted by Crippen LogP contribution is -2.43. The van der Waals surface area contributed by atoms with E-state index in [1.54, 1.807) is 0 Å². The van der Waals surface area contributed by atoms with Gasteiger partial charge in [-0.05, 0) is 12.8 Å². The molecular formula is C9H11F2N3O2. The summed E-state index contributed by atoms with van der Waals surface area (Å²) in [5.74, 6) is -3.73. The first-order chi connectivity index (χ1) is 7.46. The first kappa shape index (κ1) is 11.0. The van der Waals surface area contributed by atoms with Crippen molar-refractivity contribution < 1.29 is 18.7 Å². The Balaban J connectivity index is 2.30. The number of aromatic nitrogens is 3. The van der Waals surface area contributed by atoms with Gasteiger partial charge in [0.25, 0.3) is 0 Å². The predicted octanol–water partition coefficient (Wildman–Crippen LogP) is 1.34. The zero-order valence-corrected chi connectivity index (χ0v) is 8.41. The van der Waals surface area contributed by atoms with Gasteiger partial charge in [0.15, 0.2) is 0 Å². The molecule has 1 fully saturated rings. The maximum Gasteiger partial charge on any atom is 0.317 e. The highest BCUT2D eigenvalue weighted by Gasteiger charge is 2.50. The molecule has 1 aromatic rings. The zero-order valence-electron chi connectivity index (χ0n) is 8.41. The van der Waals surface area contributed by atoms with Gasteiger partial charge in [-0.15, -0.1) is 0 Å². The fourth-order valence-corrected chi connectivity index (χ4v) is 2.03. The van der Waals surface area contributed by atoms with E-state index in [1.807, 2.05) is 0 Å². The Hall–Kier alpha value is -1.53. The molecule has 0 unspecified atom stereocenters. The summed E-state index contributed by atoms with van der Waals surface area (Å²) in [4.78, 5) is 15.0. The third-order valence-corrected chi connectivity index (χ3v) is 3.11. The highest BCUT2D eigenvalue weighted by Crippen LogP contribution is 2.44. The van der Waals surface area contributed by atoms with Crippen LogP contribution in [0.2, 0.25) is 0 Å². The average molecular weight is 231 g/mol. The Morgan fingerprint density at radius 3 is 2.44 bits per heavy atom. The van der Waals surface area contributed by atoms with Crippen molar-refractivity contribution in [1.29, 1.82) is 0 Å². The molecule has 16 heavy (non-hydrogen) atoms. The Morgan fingerprint density at radius 2 is 2.00 bits per heavy atom. The molecule has 0 saturated heterocycles. The maximum atomic E-state index is 13.0. The van der Waals surface area contributed by atoms with Gasteiger partial charge in [0.1, 0.15) is 17.6 Å². The smallest absolute Gasteiger partial charge is 0.317 e. The summed E-state index contributed by atoms with van der Waals surface area (Å²) in [7, 11) is 0. The summed E-state index contributed by atoms with van der Waals surface area (Å²) in [6.07, 6.45) is 0.0851. The fraction of sp³-hybridized carbons (Fsp3) is 0.667. The van der Waals surface area contributed by atoms with Crippen LogP contribution in [0.3, 0.4) is 0 Å². The largest absolute Gasteiger partial charge is 0.480 e. The summed E-state index contributed by atoms with van der Waals surface area (Å²) in [6.45, 7) is 0. The van der Waals surface area contributed by atoms with Crippen LogP contribution in [0, 0.1) is 0 Å². The fourth-order valence-electron chi connectivity index (χ4n) is 2.03. The molecule has 88 valence electrons. The molecule has 0 aliphatic heterocycles. The number of nitrogens with one attached hydrogen (secondary N) is 1. The molecule has 5 nitrogen and oxygen atoms in total. The van der Waals surface area contributed by atoms with E-state index in [2.05, 4.69) is 15.2 Å². The molecule has 1 saturated carbocycles. The number of rotatable bonds is 2. The summed E-state index contributed by atoms with van der Waals surface area (Å²) >= 11 is 0. The summed E-state index contributed by atoms with van der Waals surface area (Å²) in [5.41, 5.74) is -1.34. The molecule has 7 heteroatoms. The van der Waals surface area contributed by atoms with Gasteiger partial charge in [0.2, 0.25) is 5.92 Å². The van der Waals surface area contributed by atoms with Gasteiger partial charge in [0.05, 0.1) is 0 Å². The Labute approximate surface area is 89.9 Å². The number of aromatic amines is 1. The van der Waals surface area contributed by atoms with Crippen molar-refractivity contribution in [2.45, 2.75) is 37.0 Å². The average Bonchev–Trinajstić information content (AvgIpc) is 2.71. The van der Waals surface area contributed by atoms with Gasteiger partial charge in [-0.25, -0.2) is 13.8 Å². The number of hydrogen-bond acceptors (Lipinski definition) is 3. The van der Waals surface area contributed by atoms with Crippen molar-refractivity contribution in [1.82, 2.24) is 15.2 Å². The van der Waals surface area contributed by atoms with Gasteiger partial charge in [0, 0.05) is 12.8 Å². The van der Waals surface area contributed by atoms with Crippen LogP contribution in [0.25, 0.3) is 0 Å². The van der Waals surface area contributed by atoms with Crippen molar-refractivity contribution in [3.8, 4) is 0 Å². The van der Waals surface area contributed by atoms with Crippen molar-refractivity contribution in [2.75, 3.05) is 0 Å². The molecule has 0 amide bonds. The maximum absolute atomic E-state index is 13.0. The van der Waals surface area contributed by atoms with E-state index in [-0.39, 0.29) is 18.7 Å². The van der Waals surface area contributed by atoms with Crippen LogP contribution in [0.4, 0.5) is 8.78 Å². The number of H-pyrrole nitrogens is 1. The molecule has 0 radical (unpaired) electrons. The molecule has 1 heterocycles. The number of alkyl halides is 2. The second kappa shape index (κ2) is 3.50. The molecule has 1 aromatic heterocycles. The van der Waals surface area contributed by atoms with Crippen LogP contribution in [0.5, 0.6) is 0 Å². The molecular weight excluding hydrogens is 220 g/mol. The molecule has 0 bridgehead atoms. The van der Waals surface area contributed by atoms with Crippen LogP contribution in [0.15, 0.2) is 6.33 Å². The predicted molar refractivity (Wildman–Crippen MR) is 49.1 cm³/mol. The molecule has 1 aliphatic rings. The number of carboxylic acids is 1. The minimum Gasteiger partial charge on any atom is -0.480 e. The van der Waals surface area contributed by atoms with Crippen molar-refractivity contribution in [3.63, 3.8) is 0 Å². The first-order valence-corrected chi connectivity index (χ1v) is 4.93. The Kier molecular flexibility index (Phi) is 2.40. The van der Waals surface area contributed by atoms with Crippen LogP contribution in [-0.4, -0.2) is 32.2 Å². The minimum absolute atomic E-state index is 0.121. The van der Waals surface area contributed by atoms with E-state index in [9.17, 15) is 18.7 Å². The zero-order chi connectivity index (χ0) is 11.8. The van der Waals surface area contributed by atoms with Gasteiger partial charge in [-0.2, -0.15) is 5.10 Å². The normalized spacial score (nSPS) is 22.9.